The number of imidazole rings is 1. The maximum absolute atomic E-state index is 12.5. The molecule has 0 bridgehead atoms. The molecular formula is C17H23BrN4O3S. The number of hydrogen-bond acceptors (Lipinski definition) is 4. The van der Waals surface area contributed by atoms with E-state index in [-0.39, 0.29) is 16.4 Å². The van der Waals surface area contributed by atoms with Gasteiger partial charge in [0.1, 0.15) is 0 Å². The maximum Gasteiger partial charge on any atom is 0.252 e. The van der Waals surface area contributed by atoms with Gasteiger partial charge in [0.05, 0.1) is 16.8 Å². The number of rotatable bonds is 7. The van der Waals surface area contributed by atoms with Crippen LogP contribution in [-0.4, -0.2) is 36.0 Å². The van der Waals surface area contributed by atoms with E-state index < -0.39 is 15.6 Å². The fourth-order valence-corrected chi connectivity index (χ4v) is 4.16. The van der Waals surface area contributed by atoms with Crippen LogP contribution in [0.4, 0.5) is 0 Å². The summed E-state index contributed by atoms with van der Waals surface area (Å²) >= 11 is 3.31. The highest BCUT2D eigenvalue weighted by atomic mass is 79.9. The van der Waals surface area contributed by atoms with Crippen molar-refractivity contribution in [1.29, 1.82) is 0 Å². The number of nitrogens with one attached hydrogen (secondary N) is 2. The smallest absolute Gasteiger partial charge is 0.252 e. The molecule has 0 radical (unpaired) electrons. The van der Waals surface area contributed by atoms with Crippen molar-refractivity contribution in [1.82, 2.24) is 19.6 Å². The summed E-state index contributed by atoms with van der Waals surface area (Å²) in [6.07, 6.45) is 6.01. The summed E-state index contributed by atoms with van der Waals surface area (Å²) in [5.74, 6) is -0.324. The zero-order chi connectivity index (χ0) is 19.4. The van der Waals surface area contributed by atoms with Crippen LogP contribution in [0.25, 0.3) is 0 Å². The topological polar surface area (TPSA) is 93.1 Å². The van der Waals surface area contributed by atoms with Crippen molar-refractivity contribution in [2.45, 2.75) is 44.2 Å². The fourth-order valence-electron chi connectivity index (χ4n) is 2.29. The Labute approximate surface area is 162 Å². The molecule has 142 valence electrons. The molecule has 0 aliphatic carbocycles. The van der Waals surface area contributed by atoms with Gasteiger partial charge in [0.15, 0.2) is 0 Å². The van der Waals surface area contributed by atoms with Gasteiger partial charge < -0.3 is 9.88 Å². The molecule has 2 aromatic rings. The van der Waals surface area contributed by atoms with Gasteiger partial charge in [-0.1, -0.05) is 0 Å². The summed E-state index contributed by atoms with van der Waals surface area (Å²) < 4.78 is 30.0. The number of aromatic nitrogens is 2. The Kier molecular flexibility index (Phi) is 6.59. The third kappa shape index (κ3) is 5.93. The lowest BCUT2D eigenvalue weighted by Crippen LogP contribution is -2.40. The van der Waals surface area contributed by atoms with Gasteiger partial charge in [-0.05, 0) is 61.3 Å². The highest BCUT2D eigenvalue weighted by Gasteiger charge is 2.23. The summed E-state index contributed by atoms with van der Waals surface area (Å²) in [5.41, 5.74) is -0.328. The first-order chi connectivity index (χ1) is 12.1. The fraction of sp³-hybridized carbons (Fsp3) is 0.412. The van der Waals surface area contributed by atoms with Crippen LogP contribution >= 0.6 is 15.9 Å². The van der Waals surface area contributed by atoms with Crippen molar-refractivity contribution < 1.29 is 13.2 Å². The molecule has 0 aliphatic rings. The van der Waals surface area contributed by atoms with E-state index in [0.717, 1.165) is 13.0 Å². The molecule has 1 amide bonds. The summed E-state index contributed by atoms with van der Waals surface area (Å²) in [4.78, 5) is 16.4. The minimum absolute atomic E-state index is 0.0548. The van der Waals surface area contributed by atoms with E-state index in [4.69, 9.17) is 0 Å². The molecule has 1 aromatic carbocycles. The van der Waals surface area contributed by atoms with Gasteiger partial charge in [0, 0.05) is 35.5 Å². The highest BCUT2D eigenvalue weighted by molar-refractivity contribution is 9.10. The Bertz CT molecular complexity index is 859. The standard InChI is InChI=1S/C17H23BrN4O3S/c1-17(2,3)21-26(24,25)13-5-6-15(18)14(11-13)16(23)20-7-4-9-22-10-8-19-12-22/h5-6,8,10-12,21H,4,7,9H2,1-3H3,(H,20,23). The number of hydrogen-bond donors (Lipinski definition) is 2. The van der Waals surface area contributed by atoms with Crippen LogP contribution in [0.15, 0.2) is 46.3 Å². The lowest BCUT2D eigenvalue weighted by Gasteiger charge is -2.20. The van der Waals surface area contributed by atoms with Crippen molar-refractivity contribution in [3.63, 3.8) is 0 Å². The number of sulfonamides is 1. The Balaban J connectivity index is 2.05. The zero-order valence-corrected chi connectivity index (χ0v) is 17.4. The van der Waals surface area contributed by atoms with Crippen molar-refractivity contribution >= 4 is 31.9 Å². The van der Waals surface area contributed by atoms with Crippen LogP contribution in [0.5, 0.6) is 0 Å². The largest absolute Gasteiger partial charge is 0.352 e. The van der Waals surface area contributed by atoms with Gasteiger partial charge in [0.2, 0.25) is 10.0 Å². The molecule has 0 unspecified atom stereocenters. The highest BCUT2D eigenvalue weighted by Crippen LogP contribution is 2.22. The second-order valence-corrected chi connectivity index (χ2v) is 9.44. The van der Waals surface area contributed by atoms with Crippen LogP contribution in [0, 0.1) is 0 Å². The molecule has 0 atom stereocenters. The molecule has 7 nitrogen and oxygen atoms in total. The van der Waals surface area contributed by atoms with Crippen LogP contribution in [0.2, 0.25) is 0 Å². The van der Waals surface area contributed by atoms with Gasteiger partial charge in [-0.3, -0.25) is 4.79 Å². The molecule has 0 aliphatic heterocycles. The van der Waals surface area contributed by atoms with E-state index in [9.17, 15) is 13.2 Å². The predicted octanol–water partition coefficient (Wildman–Crippen LogP) is 2.54. The lowest BCUT2D eigenvalue weighted by atomic mass is 10.1. The van der Waals surface area contributed by atoms with Crippen molar-refractivity contribution in [2.24, 2.45) is 0 Å². The van der Waals surface area contributed by atoms with Crippen LogP contribution in [0.1, 0.15) is 37.6 Å². The number of halogens is 1. The average Bonchev–Trinajstić information content (AvgIpc) is 3.02. The summed E-state index contributed by atoms with van der Waals surface area (Å²) in [7, 11) is -3.71. The number of carbonyl (C=O) groups excluding carboxylic acids is 1. The second kappa shape index (κ2) is 8.32. The molecule has 9 heteroatoms. The van der Waals surface area contributed by atoms with Crippen LogP contribution in [-0.2, 0) is 16.6 Å². The summed E-state index contributed by atoms with van der Waals surface area (Å²) in [5, 5.41) is 2.81. The quantitative estimate of drug-likeness (QED) is 0.644. The third-order valence-electron chi connectivity index (χ3n) is 3.37. The molecule has 0 fully saturated rings. The Morgan fingerprint density at radius 3 is 2.65 bits per heavy atom. The van der Waals surface area contributed by atoms with Crippen LogP contribution < -0.4 is 10.0 Å². The number of amides is 1. The van der Waals surface area contributed by atoms with E-state index in [1.165, 1.54) is 12.1 Å². The molecule has 2 N–H and O–H groups in total. The SMILES string of the molecule is CC(C)(C)NS(=O)(=O)c1ccc(Br)c(C(=O)NCCCn2ccnc2)c1. The van der Waals surface area contributed by atoms with Crippen LogP contribution in [0.3, 0.4) is 0 Å². The van der Waals surface area contributed by atoms with Crippen molar-refractivity contribution in [2.75, 3.05) is 6.54 Å². The average molecular weight is 443 g/mol. The predicted molar refractivity (Wildman–Crippen MR) is 103 cm³/mol. The first-order valence-electron chi connectivity index (χ1n) is 8.16. The van der Waals surface area contributed by atoms with Gasteiger partial charge in [-0.25, -0.2) is 18.1 Å². The molecule has 1 heterocycles. The third-order valence-corrected chi connectivity index (χ3v) is 5.82. The molecular weight excluding hydrogens is 420 g/mol. The van der Waals surface area contributed by atoms with Crippen molar-refractivity contribution in [3.8, 4) is 0 Å². The molecule has 0 saturated heterocycles. The van der Waals surface area contributed by atoms with Crippen molar-refractivity contribution in [3.05, 3.63) is 47.0 Å². The number of carbonyl (C=O) groups is 1. The first kappa shape index (κ1) is 20.6. The van der Waals surface area contributed by atoms with E-state index in [0.29, 0.717) is 11.0 Å². The molecule has 1 aromatic heterocycles. The Morgan fingerprint density at radius 2 is 2.04 bits per heavy atom. The summed E-state index contributed by atoms with van der Waals surface area (Å²) in [6.45, 7) is 6.50. The normalized spacial score (nSPS) is 12.2. The van der Waals surface area contributed by atoms with E-state index in [2.05, 4.69) is 31.0 Å². The van der Waals surface area contributed by atoms with E-state index in [1.807, 2.05) is 10.8 Å². The van der Waals surface area contributed by atoms with E-state index >= 15 is 0 Å². The van der Waals surface area contributed by atoms with E-state index in [1.54, 1.807) is 39.4 Å². The molecule has 0 saturated carbocycles. The Hall–Kier alpha value is -1.71. The number of aryl methyl sites for hydroxylation is 1. The van der Waals surface area contributed by atoms with Gasteiger partial charge in [-0.2, -0.15) is 0 Å². The number of benzene rings is 1. The molecule has 26 heavy (non-hydrogen) atoms. The van der Waals surface area contributed by atoms with Gasteiger partial charge >= 0.3 is 0 Å². The zero-order valence-electron chi connectivity index (χ0n) is 15.0. The maximum atomic E-state index is 12.5. The minimum atomic E-state index is -3.71. The Morgan fingerprint density at radius 1 is 1.31 bits per heavy atom. The lowest BCUT2D eigenvalue weighted by molar-refractivity contribution is 0.0951. The molecule has 2 rings (SSSR count). The first-order valence-corrected chi connectivity index (χ1v) is 10.4. The monoisotopic (exact) mass is 442 g/mol. The number of nitrogens with zero attached hydrogens (tertiary/aromatic N) is 2. The van der Waals surface area contributed by atoms with Gasteiger partial charge in [-0.15, -0.1) is 0 Å². The van der Waals surface area contributed by atoms with Gasteiger partial charge in [0.25, 0.3) is 5.91 Å². The minimum Gasteiger partial charge on any atom is -0.352 e. The summed E-state index contributed by atoms with van der Waals surface area (Å²) in [6, 6.07) is 4.41. The second-order valence-electron chi connectivity index (χ2n) is 6.91. The molecule has 0 spiro atoms.